The van der Waals surface area contributed by atoms with Crippen LogP contribution < -0.4 is 10.2 Å². The van der Waals surface area contributed by atoms with E-state index in [0.29, 0.717) is 12.4 Å². The monoisotopic (exact) mass is 375 g/mol. The van der Waals surface area contributed by atoms with Crippen molar-refractivity contribution in [1.82, 2.24) is 14.7 Å². The van der Waals surface area contributed by atoms with E-state index in [9.17, 15) is 4.79 Å². The van der Waals surface area contributed by atoms with Crippen LogP contribution in [0.4, 0.5) is 11.5 Å². The summed E-state index contributed by atoms with van der Waals surface area (Å²) >= 11 is 0. The number of benzene rings is 2. The van der Waals surface area contributed by atoms with Gasteiger partial charge in [-0.1, -0.05) is 36.4 Å². The fourth-order valence-electron chi connectivity index (χ4n) is 3.54. The van der Waals surface area contributed by atoms with Crippen LogP contribution in [0.2, 0.25) is 0 Å². The maximum absolute atomic E-state index is 12.6. The molecule has 0 saturated carbocycles. The van der Waals surface area contributed by atoms with Crippen molar-refractivity contribution >= 4 is 17.4 Å². The summed E-state index contributed by atoms with van der Waals surface area (Å²) in [6.45, 7) is 5.93. The molecule has 28 heavy (non-hydrogen) atoms. The van der Waals surface area contributed by atoms with Gasteiger partial charge < -0.3 is 10.2 Å². The Morgan fingerprint density at radius 1 is 0.929 bits per heavy atom. The highest BCUT2D eigenvalue weighted by atomic mass is 16.2. The number of hydrogen-bond acceptors (Lipinski definition) is 4. The molecule has 144 valence electrons. The average molecular weight is 375 g/mol. The Bertz CT molecular complexity index is 915. The number of piperazine rings is 1. The fraction of sp³-hybridized carbons (Fsp3) is 0.273. The smallest absolute Gasteiger partial charge is 0.239 e. The molecule has 0 bridgehead atoms. The first kappa shape index (κ1) is 18.3. The van der Waals surface area contributed by atoms with Crippen molar-refractivity contribution in [1.29, 1.82) is 0 Å². The molecule has 4 rings (SSSR count). The van der Waals surface area contributed by atoms with Gasteiger partial charge in [-0.15, -0.1) is 0 Å². The maximum atomic E-state index is 12.6. The molecule has 1 aliphatic rings. The molecule has 1 aliphatic heterocycles. The minimum atomic E-state index is -0.00903. The molecular formula is C22H25N5O. The SMILES string of the molecule is Cc1cc(NC(=O)CN2CCN(c3ccccc3)CC2)n(-c2ccccc2)n1. The highest BCUT2D eigenvalue weighted by Gasteiger charge is 2.20. The van der Waals surface area contributed by atoms with Crippen molar-refractivity contribution in [2.24, 2.45) is 0 Å². The fourth-order valence-corrected chi connectivity index (χ4v) is 3.54. The molecule has 6 heteroatoms. The Balaban J connectivity index is 1.35. The van der Waals surface area contributed by atoms with E-state index in [1.54, 1.807) is 4.68 Å². The standard InChI is InChI=1S/C22H25N5O/c1-18-16-21(27(24-18)20-10-6-3-7-11-20)23-22(28)17-25-12-14-26(15-13-25)19-8-4-2-5-9-19/h2-11,16H,12-15,17H2,1H3,(H,23,28). The van der Waals surface area contributed by atoms with Gasteiger partial charge >= 0.3 is 0 Å². The van der Waals surface area contributed by atoms with Crippen LogP contribution in [0.15, 0.2) is 66.7 Å². The molecule has 0 aliphatic carbocycles. The average Bonchev–Trinajstić information content (AvgIpc) is 3.10. The molecule has 1 amide bonds. The first-order chi connectivity index (χ1) is 13.7. The lowest BCUT2D eigenvalue weighted by atomic mass is 10.2. The Morgan fingerprint density at radius 3 is 2.18 bits per heavy atom. The van der Waals surface area contributed by atoms with Crippen molar-refractivity contribution in [3.05, 3.63) is 72.4 Å². The van der Waals surface area contributed by atoms with Crippen LogP contribution in [0.25, 0.3) is 5.69 Å². The molecule has 3 aromatic rings. The number of carbonyl (C=O) groups excluding carboxylic acids is 1. The van der Waals surface area contributed by atoms with E-state index in [1.807, 2.05) is 49.4 Å². The van der Waals surface area contributed by atoms with Gasteiger partial charge in [0.2, 0.25) is 5.91 Å². The van der Waals surface area contributed by atoms with E-state index in [4.69, 9.17) is 0 Å². The highest BCUT2D eigenvalue weighted by Crippen LogP contribution is 2.18. The molecule has 1 N–H and O–H groups in total. The quantitative estimate of drug-likeness (QED) is 0.745. The second kappa shape index (κ2) is 8.27. The van der Waals surface area contributed by atoms with Gasteiger partial charge in [-0.3, -0.25) is 9.69 Å². The second-order valence-corrected chi connectivity index (χ2v) is 7.07. The van der Waals surface area contributed by atoms with Crippen molar-refractivity contribution < 1.29 is 4.79 Å². The predicted octanol–water partition coefficient (Wildman–Crippen LogP) is 2.94. The molecule has 0 unspecified atom stereocenters. The lowest BCUT2D eigenvalue weighted by molar-refractivity contribution is -0.117. The first-order valence-corrected chi connectivity index (χ1v) is 9.63. The summed E-state index contributed by atoms with van der Waals surface area (Å²) in [4.78, 5) is 17.2. The molecule has 6 nitrogen and oxygen atoms in total. The molecule has 1 fully saturated rings. The molecule has 0 radical (unpaired) electrons. The number of para-hydroxylation sites is 2. The summed E-state index contributed by atoms with van der Waals surface area (Å²) in [6.07, 6.45) is 0. The molecular weight excluding hydrogens is 350 g/mol. The first-order valence-electron chi connectivity index (χ1n) is 9.63. The number of aryl methyl sites for hydroxylation is 1. The molecule has 1 aromatic heterocycles. The largest absolute Gasteiger partial charge is 0.369 e. The van der Waals surface area contributed by atoms with Crippen LogP contribution in [-0.2, 0) is 4.79 Å². The van der Waals surface area contributed by atoms with E-state index in [-0.39, 0.29) is 5.91 Å². The van der Waals surface area contributed by atoms with Gasteiger partial charge in [0.05, 0.1) is 17.9 Å². The van der Waals surface area contributed by atoms with E-state index >= 15 is 0 Å². The third-order valence-corrected chi connectivity index (χ3v) is 4.96. The minimum Gasteiger partial charge on any atom is -0.369 e. The summed E-state index contributed by atoms with van der Waals surface area (Å²) in [5.74, 6) is 0.696. The van der Waals surface area contributed by atoms with Crippen LogP contribution in [0.5, 0.6) is 0 Å². The lowest BCUT2D eigenvalue weighted by Gasteiger charge is -2.35. The molecule has 1 saturated heterocycles. The zero-order valence-electron chi connectivity index (χ0n) is 16.1. The summed E-state index contributed by atoms with van der Waals surface area (Å²) in [7, 11) is 0. The number of amides is 1. The molecule has 0 spiro atoms. The van der Waals surface area contributed by atoms with E-state index in [1.165, 1.54) is 5.69 Å². The van der Waals surface area contributed by atoms with Gasteiger partial charge in [-0.2, -0.15) is 5.10 Å². The minimum absolute atomic E-state index is 0.00903. The number of carbonyl (C=O) groups is 1. The van der Waals surface area contributed by atoms with Crippen LogP contribution in [0, 0.1) is 6.92 Å². The maximum Gasteiger partial charge on any atom is 0.239 e. The van der Waals surface area contributed by atoms with Gasteiger partial charge in [-0.25, -0.2) is 4.68 Å². The Labute approximate surface area is 165 Å². The van der Waals surface area contributed by atoms with E-state index < -0.39 is 0 Å². The van der Waals surface area contributed by atoms with Gasteiger partial charge in [0.25, 0.3) is 0 Å². The molecule has 2 aromatic carbocycles. The lowest BCUT2D eigenvalue weighted by Crippen LogP contribution is -2.48. The van der Waals surface area contributed by atoms with E-state index in [0.717, 1.165) is 37.6 Å². The number of hydrogen-bond donors (Lipinski definition) is 1. The van der Waals surface area contributed by atoms with Crippen molar-refractivity contribution in [2.45, 2.75) is 6.92 Å². The van der Waals surface area contributed by atoms with E-state index in [2.05, 4.69) is 44.5 Å². The van der Waals surface area contributed by atoms with Crippen LogP contribution in [0.1, 0.15) is 5.69 Å². The third-order valence-electron chi connectivity index (χ3n) is 4.96. The summed E-state index contributed by atoms with van der Waals surface area (Å²) in [5.41, 5.74) is 3.05. The number of rotatable bonds is 5. The topological polar surface area (TPSA) is 53.4 Å². The summed E-state index contributed by atoms with van der Waals surface area (Å²) in [5, 5.41) is 7.53. The Morgan fingerprint density at radius 2 is 1.54 bits per heavy atom. The highest BCUT2D eigenvalue weighted by molar-refractivity contribution is 5.91. The Hall–Kier alpha value is -3.12. The molecule has 2 heterocycles. The zero-order valence-corrected chi connectivity index (χ0v) is 16.1. The predicted molar refractivity (Wildman–Crippen MR) is 112 cm³/mol. The number of aromatic nitrogens is 2. The van der Waals surface area contributed by atoms with Gasteiger partial charge in [-0.05, 0) is 31.2 Å². The number of anilines is 2. The summed E-state index contributed by atoms with van der Waals surface area (Å²) in [6, 6.07) is 22.2. The normalized spacial score (nSPS) is 14.8. The number of nitrogens with one attached hydrogen (secondary N) is 1. The van der Waals surface area contributed by atoms with Gasteiger partial charge in [0.1, 0.15) is 5.82 Å². The second-order valence-electron chi connectivity index (χ2n) is 7.07. The van der Waals surface area contributed by atoms with Crippen molar-refractivity contribution in [2.75, 3.05) is 42.9 Å². The van der Waals surface area contributed by atoms with Crippen LogP contribution in [0.3, 0.4) is 0 Å². The zero-order chi connectivity index (χ0) is 19.3. The molecule has 0 atom stereocenters. The van der Waals surface area contributed by atoms with Gasteiger partial charge in [0.15, 0.2) is 0 Å². The van der Waals surface area contributed by atoms with Crippen molar-refractivity contribution in [3.63, 3.8) is 0 Å². The van der Waals surface area contributed by atoms with Gasteiger partial charge in [0, 0.05) is 37.9 Å². The Kier molecular flexibility index (Phi) is 5.39. The van der Waals surface area contributed by atoms with Crippen LogP contribution in [-0.4, -0.2) is 53.3 Å². The van der Waals surface area contributed by atoms with Crippen LogP contribution >= 0.6 is 0 Å². The summed E-state index contributed by atoms with van der Waals surface area (Å²) < 4.78 is 1.78. The third kappa shape index (κ3) is 4.23. The van der Waals surface area contributed by atoms with Crippen molar-refractivity contribution in [3.8, 4) is 5.69 Å². The number of nitrogens with zero attached hydrogens (tertiary/aromatic N) is 4.